The van der Waals surface area contributed by atoms with Crippen molar-refractivity contribution in [1.29, 1.82) is 0 Å². The molecule has 0 aliphatic carbocycles. The summed E-state index contributed by atoms with van der Waals surface area (Å²) in [6.45, 7) is 3.91. The minimum absolute atomic E-state index is 0.00998. The number of aryl methyl sites for hydroxylation is 1. The number of nitrogens with one attached hydrogen (secondary N) is 1. The van der Waals surface area contributed by atoms with Gasteiger partial charge in [-0.05, 0) is 49.6 Å². The molecular weight excluding hydrogens is 350 g/mol. The predicted octanol–water partition coefficient (Wildman–Crippen LogP) is 4.77. The summed E-state index contributed by atoms with van der Waals surface area (Å²) < 4.78 is 0.900. The van der Waals surface area contributed by atoms with Crippen molar-refractivity contribution in [3.05, 3.63) is 68.7 Å². The lowest BCUT2D eigenvalue weighted by molar-refractivity contribution is 0.0939. The van der Waals surface area contributed by atoms with Crippen LogP contribution in [0.2, 0.25) is 5.02 Å². The predicted molar refractivity (Wildman–Crippen MR) is 91.0 cm³/mol. The van der Waals surface area contributed by atoms with Crippen molar-refractivity contribution in [2.24, 2.45) is 0 Å². The SMILES string of the molecule is Cc1ccc(Br)cc1C(=O)NC(C)Cc1ccccc1Cl. The van der Waals surface area contributed by atoms with E-state index in [1.165, 1.54) is 0 Å². The number of amides is 1. The average molecular weight is 367 g/mol. The molecule has 2 aromatic carbocycles. The quantitative estimate of drug-likeness (QED) is 0.829. The maximum Gasteiger partial charge on any atom is 0.251 e. The van der Waals surface area contributed by atoms with Crippen molar-refractivity contribution in [2.75, 3.05) is 0 Å². The molecule has 1 unspecified atom stereocenters. The second kappa shape index (κ2) is 7.10. The second-order valence-corrected chi connectivity index (χ2v) is 6.45. The molecule has 1 amide bonds. The lowest BCUT2D eigenvalue weighted by atomic mass is 10.1. The van der Waals surface area contributed by atoms with Gasteiger partial charge in [0.15, 0.2) is 0 Å². The van der Waals surface area contributed by atoms with Gasteiger partial charge in [-0.3, -0.25) is 4.79 Å². The first-order valence-electron chi connectivity index (χ1n) is 6.78. The highest BCUT2D eigenvalue weighted by Gasteiger charge is 2.13. The van der Waals surface area contributed by atoms with Crippen LogP contribution in [0.15, 0.2) is 46.9 Å². The number of benzene rings is 2. The van der Waals surface area contributed by atoms with E-state index in [0.29, 0.717) is 12.0 Å². The third-order valence-corrected chi connectivity index (χ3v) is 4.17. The first kappa shape index (κ1) is 16.1. The smallest absolute Gasteiger partial charge is 0.251 e. The Morgan fingerprint density at radius 3 is 2.71 bits per heavy atom. The molecule has 0 heterocycles. The number of hydrogen-bond donors (Lipinski definition) is 1. The van der Waals surface area contributed by atoms with Gasteiger partial charge in [0.05, 0.1) is 0 Å². The molecule has 2 aromatic rings. The molecule has 0 spiro atoms. The zero-order valence-corrected chi connectivity index (χ0v) is 14.3. The van der Waals surface area contributed by atoms with Crippen molar-refractivity contribution in [3.63, 3.8) is 0 Å². The van der Waals surface area contributed by atoms with Gasteiger partial charge in [-0.1, -0.05) is 51.8 Å². The van der Waals surface area contributed by atoms with E-state index in [4.69, 9.17) is 11.6 Å². The third-order valence-electron chi connectivity index (χ3n) is 3.31. The molecule has 1 N–H and O–H groups in total. The van der Waals surface area contributed by atoms with E-state index in [0.717, 1.165) is 20.6 Å². The molecule has 0 aromatic heterocycles. The van der Waals surface area contributed by atoms with Gasteiger partial charge < -0.3 is 5.32 Å². The van der Waals surface area contributed by atoms with Gasteiger partial charge in [0, 0.05) is 21.1 Å². The Hall–Kier alpha value is -1.32. The second-order valence-electron chi connectivity index (χ2n) is 5.13. The Balaban J connectivity index is 2.06. The van der Waals surface area contributed by atoms with Gasteiger partial charge in [-0.25, -0.2) is 0 Å². The van der Waals surface area contributed by atoms with E-state index in [2.05, 4.69) is 21.2 Å². The number of carbonyl (C=O) groups is 1. The summed E-state index contributed by atoms with van der Waals surface area (Å²) in [5, 5.41) is 3.76. The van der Waals surface area contributed by atoms with Crippen molar-refractivity contribution in [1.82, 2.24) is 5.32 Å². The van der Waals surface area contributed by atoms with Gasteiger partial charge >= 0.3 is 0 Å². The fourth-order valence-electron chi connectivity index (χ4n) is 2.19. The van der Waals surface area contributed by atoms with Gasteiger partial charge in [-0.15, -0.1) is 0 Å². The largest absolute Gasteiger partial charge is 0.349 e. The summed E-state index contributed by atoms with van der Waals surface area (Å²) >= 11 is 9.55. The molecule has 0 radical (unpaired) electrons. The van der Waals surface area contributed by atoms with Crippen LogP contribution in [0.25, 0.3) is 0 Å². The zero-order chi connectivity index (χ0) is 15.4. The van der Waals surface area contributed by atoms with Crippen LogP contribution >= 0.6 is 27.5 Å². The summed E-state index contributed by atoms with van der Waals surface area (Å²) in [4.78, 5) is 12.3. The van der Waals surface area contributed by atoms with E-state index in [-0.39, 0.29) is 11.9 Å². The Morgan fingerprint density at radius 2 is 2.00 bits per heavy atom. The number of carbonyl (C=O) groups excluding carboxylic acids is 1. The molecule has 0 aliphatic rings. The Morgan fingerprint density at radius 1 is 1.29 bits per heavy atom. The molecule has 0 aliphatic heterocycles. The molecule has 2 nitrogen and oxygen atoms in total. The first-order valence-corrected chi connectivity index (χ1v) is 7.95. The molecule has 21 heavy (non-hydrogen) atoms. The monoisotopic (exact) mass is 365 g/mol. The lowest BCUT2D eigenvalue weighted by Gasteiger charge is -2.16. The van der Waals surface area contributed by atoms with Gasteiger partial charge in [0.2, 0.25) is 0 Å². The normalized spacial score (nSPS) is 12.0. The summed E-state index contributed by atoms with van der Waals surface area (Å²) in [6.07, 6.45) is 0.707. The van der Waals surface area contributed by atoms with Crippen molar-refractivity contribution >= 4 is 33.4 Å². The van der Waals surface area contributed by atoms with Crippen molar-refractivity contribution < 1.29 is 4.79 Å². The van der Waals surface area contributed by atoms with Crippen LogP contribution in [0.1, 0.15) is 28.4 Å². The van der Waals surface area contributed by atoms with E-state index >= 15 is 0 Å². The maximum absolute atomic E-state index is 12.3. The van der Waals surface area contributed by atoms with Crippen molar-refractivity contribution in [3.8, 4) is 0 Å². The highest BCUT2D eigenvalue weighted by Crippen LogP contribution is 2.18. The molecule has 0 saturated carbocycles. The topological polar surface area (TPSA) is 29.1 Å². The lowest BCUT2D eigenvalue weighted by Crippen LogP contribution is -2.34. The zero-order valence-electron chi connectivity index (χ0n) is 12.0. The Bertz CT molecular complexity index is 657. The molecule has 0 saturated heterocycles. The third kappa shape index (κ3) is 4.32. The molecule has 0 bridgehead atoms. The Labute approximate surface area is 138 Å². The minimum Gasteiger partial charge on any atom is -0.349 e. The molecule has 0 fully saturated rings. The molecule has 1 atom stereocenters. The first-order chi connectivity index (χ1) is 9.97. The van der Waals surface area contributed by atoms with Crippen LogP contribution in [0.4, 0.5) is 0 Å². The summed E-state index contributed by atoms with van der Waals surface area (Å²) in [5.41, 5.74) is 2.69. The number of hydrogen-bond acceptors (Lipinski definition) is 1. The van der Waals surface area contributed by atoms with Crippen LogP contribution in [-0.4, -0.2) is 11.9 Å². The number of halogens is 2. The number of rotatable bonds is 4. The minimum atomic E-state index is -0.0617. The van der Waals surface area contributed by atoms with Crippen LogP contribution in [0.5, 0.6) is 0 Å². The molecule has 4 heteroatoms. The highest BCUT2D eigenvalue weighted by atomic mass is 79.9. The summed E-state index contributed by atoms with van der Waals surface area (Å²) in [6, 6.07) is 13.4. The molecule has 2 rings (SSSR count). The maximum atomic E-state index is 12.3. The van der Waals surface area contributed by atoms with Crippen molar-refractivity contribution in [2.45, 2.75) is 26.3 Å². The van der Waals surface area contributed by atoms with Gasteiger partial charge in [0.1, 0.15) is 0 Å². The van der Waals surface area contributed by atoms with Crippen LogP contribution in [0.3, 0.4) is 0 Å². The van der Waals surface area contributed by atoms with Crippen LogP contribution < -0.4 is 5.32 Å². The van der Waals surface area contributed by atoms with Crippen LogP contribution in [-0.2, 0) is 6.42 Å². The Kier molecular flexibility index (Phi) is 5.43. The fraction of sp³-hybridized carbons (Fsp3) is 0.235. The van der Waals surface area contributed by atoms with Gasteiger partial charge in [0.25, 0.3) is 5.91 Å². The highest BCUT2D eigenvalue weighted by molar-refractivity contribution is 9.10. The standard InChI is InChI=1S/C17H17BrClNO/c1-11-7-8-14(18)10-15(11)17(21)20-12(2)9-13-5-3-4-6-16(13)19/h3-8,10,12H,9H2,1-2H3,(H,20,21). The van der Waals surface area contributed by atoms with E-state index < -0.39 is 0 Å². The molecule has 110 valence electrons. The van der Waals surface area contributed by atoms with Crippen LogP contribution in [0, 0.1) is 6.92 Å². The summed E-state index contributed by atoms with van der Waals surface area (Å²) in [5.74, 6) is -0.0617. The van der Waals surface area contributed by atoms with E-state index in [1.54, 1.807) is 0 Å². The summed E-state index contributed by atoms with van der Waals surface area (Å²) in [7, 11) is 0. The average Bonchev–Trinajstić information content (AvgIpc) is 2.44. The fourth-order valence-corrected chi connectivity index (χ4v) is 2.76. The van der Waals surface area contributed by atoms with E-state index in [9.17, 15) is 4.79 Å². The van der Waals surface area contributed by atoms with E-state index in [1.807, 2.05) is 56.3 Å². The van der Waals surface area contributed by atoms with Gasteiger partial charge in [-0.2, -0.15) is 0 Å². The molecular formula is C17H17BrClNO.